The number of hydrogen-bond donors (Lipinski definition) is 2. The predicted molar refractivity (Wildman–Crippen MR) is 106 cm³/mol. The van der Waals surface area contributed by atoms with Crippen molar-refractivity contribution < 1.29 is 4.79 Å². The van der Waals surface area contributed by atoms with Crippen molar-refractivity contribution in [2.45, 2.75) is 25.3 Å². The molecule has 2 N–H and O–H groups in total. The van der Waals surface area contributed by atoms with Gasteiger partial charge in [0.15, 0.2) is 0 Å². The number of carbonyl (C=O) groups excluding carboxylic acids is 1. The highest BCUT2D eigenvalue weighted by atomic mass is 35.5. The molecule has 0 aliphatic carbocycles. The number of anilines is 1. The summed E-state index contributed by atoms with van der Waals surface area (Å²) in [5.41, 5.74) is 1.82. The molecule has 1 saturated heterocycles. The number of benzene rings is 1. The Balaban J connectivity index is 1.40. The van der Waals surface area contributed by atoms with Crippen molar-refractivity contribution in [1.29, 1.82) is 0 Å². The maximum Gasteiger partial charge on any atom is 0.319 e. The lowest BCUT2D eigenvalue weighted by Crippen LogP contribution is -2.46. The van der Waals surface area contributed by atoms with Crippen LogP contribution in [0.1, 0.15) is 18.4 Å². The molecule has 1 aromatic heterocycles. The molecule has 2 amide bonds. The van der Waals surface area contributed by atoms with Crippen LogP contribution in [0.15, 0.2) is 42.7 Å². The van der Waals surface area contributed by atoms with Crippen molar-refractivity contribution in [3.63, 3.8) is 0 Å². The van der Waals surface area contributed by atoms with Gasteiger partial charge in [0.1, 0.15) is 0 Å². The first-order chi connectivity index (χ1) is 12.6. The molecule has 26 heavy (non-hydrogen) atoms. The first kappa shape index (κ1) is 19.0. The van der Waals surface area contributed by atoms with Gasteiger partial charge < -0.3 is 15.5 Å². The van der Waals surface area contributed by atoms with Crippen LogP contribution in [0.5, 0.6) is 0 Å². The van der Waals surface area contributed by atoms with Crippen LogP contribution in [0.2, 0.25) is 10.0 Å². The average Bonchev–Trinajstić information content (AvgIpc) is 2.65. The van der Waals surface area contributed by atoms with Gasteiger partial charge in [-0.25, -0.2) is 4.79 Å². The second-order valence-corrected chi connectivity index (χ2v) is 7.29. The number of pyridine rings is 1. The van der Waals surface area contributed by atoms with Crippen LogP contribution in [0.3, 0.4) is 0 Å². The van der Waals surface area contributed by atoms with E-state index in [1.165, 1.54) is 5.56 Å². The molecule has 1 fully saturated rings. The number of aromatic nitrogens is 1. The third-order valence-corrected chi connectivity index (χ3v) is 5.13. The Hall–Kier alpha value is -1.82. The molecular weight excluding hydrogens is 371 g/mol. The van der Waals surface area contributed by atoms with Gasteiger partial charge in [-0.2, -0.15) is 0 Å². The lowest BCUT2D eigenvalue weighted by Gasteiger charge is -2.32. The van der Waals surface area contributed by atoms with Crippen LogP contribution in [-0.2, 0) is 6.42 Å². The van der Waals surface area contributed by atoms with Gasteiger partial charge in [0.2, 0.25) is 0 Å². The summed E-state index contributed by atoms with van der Waals surface area (Å²) in [4.78, 5) is 18.7. The van der Waals surface area contributed by atoms with Gasteiger partial charge in [-0.05, 0) is 55.2 Å². The molecule has 1 aromatic carbocycles. The molecule has 0 bridgehead atoms. The molecule has 0 spiro atoms. The number of likely N-dealkylation sites (tertiary alicyclic amines) is 1. The average molecular weight is 393 g/mol. The highest BCUT2D eigenvalue weighted by Gasteiger charge is 2.20. The Morgan fingerprint density at radius 1 is 1.15 bits per heavy atom. The fourth-order valence-corrected chi connectivity index (χ4v) is 3.41. The van der Waals surface area contributed by atoms with Crippen LogP contribution in [-0.4, -0.2) is 41.6 Å². The molecule has 138 valence electrons. The van der Waals surface area contributed by atoms with Gasteiger partial charge in [0.25, 0.3) is 0 Å². The van der Waals surface area contributed by atoms with Crippen LogP contribution in [0, 0.1) is 0 Å². The van der Waals surface area contributed by atoms with Crippen molar-refractivity contribution in [1.82, 2.24) is 15.2 Å². The van der Waals surface area contributed by atoms with Gasteiger partial charge in [-0.1, -0.05) is 23.2 Å². The lowest BCUT2D eigenvalue weighted by atomic mass is 10.0. The topological polar surface area (TPSA) is 57.3 Å². The maximum atomic E-state index is 12.2. The van der Waals surface area contributed by atoms with Crippen molar-refractivity contribution in [3.8, 4) is 0 Å². The van der Waals surface area contributed by atoms with E-state index in [1.54, 1.807) is 18.2 Å². The minimum atomic E-state index is -0.246. The quantitative estimate of drug-likeness (QED) is 0.800. The monoisotopic (exact) mass is 392 g/mol. The smallest absolute Gasteiger partial charge is 0.319 e. The molecule has 2 aromatic rings. The second kappa shape index (κ2) is 9.21. The first-order valence-corrected chi connectivity index (χ1v) is 9.49. The van der Waals surface area contributed by atoms with Crippen molar-refractivity contribution in [2.24, 2.45) is 0 Å². The van der Waals surface area contributed by atoms with E-state index >= 15 is 0 Å². The maximum absolute atomic E-state index is 12.2. The normalized spacial score (nSPS) is 15.6. The lowest BCUT2D eigenvalue weighted by molar-refractivity contribution is 0.197. The predicted octanol–water partition coefficient (Wildman–Crippen LogP) is 4.22. The number of urea groups is 1. The number of nitrogens with zero attached hydrogens (tertiary/aromatic N) is 2. The molecule has 7 heteroatoms. The number of amides is 2. The Morgan fingerprint density at radius 3 is 2.62 bits per heavy atom. The summed E-state index contributed by atoms with van der Waals surface area (Å²) in [6.07, 6.45) is 6.56. The van der Waals surface area contributed by atoms with E-state index in [-0.39, 0.29) is 12.1 Å². The zero-order valence-corrected chi connectivity index (χ0v) is 15.9. The number of carbonyl (C=O) groups is 1. The van der Waals surface area contributed by atoms with Gasteiger partial charge in [0.05, 0.1) is 10.7 Å². The first-order valence-electron chi connectivity index (χ1n) is 8.74. The molecule has 3 rings (SSSR count). The minimum absolute atomic E-state index is 0.171. The Labute approximate surface area is 163 Å². The standard InChI is InChI=1S/C19H22Cl2N4O/c20-15-1-2-17(21)18(13-15)24-19(26)23-16-6-11-25(12-7-16)10-5-14-3-8-22-9-4-14/h1-4,8-9,13,16H,5-7,10-12H2,(H2,23,24,26). The molecule has 5 nitrogen and oxygen atoms in total. The van der Waals surface area contributed by atoms with Crippen LogP contribution >= 0.6 is 23.2 Å². The van der Waals surface area contributed by atoms with Gasteiger partial charge >= 0.3 is 6.03 Å². The number of piperidine rings is 1. The number of rotatable bonds is 5. The molecule has 1 aliphatic heterocycles. The Bertz CT molecular complexity index is 734. The van der Waals surface area contributed by atoms with Crippen LogP contribution in [0.4, 0.5) is 10.5 Å². The van der Waals surface area contributed by atoms with E-state index in [1.807, 2.05) is 12.4 Å². The largest absolute Gasteiger partial charge is 0.335 e. The molecule has 0 unspecified atom stereocenters. The van der Waals surface area contributed by atoms with Crippen LogP contribution < -0.4 is 10.6 Å². The molecule has 0 radical (unpaired) electrons. The number of hydrogen-bond acceptors (Lipinski definition) is 3. The molecule has 1 aliphatic rings. The summed E-state index contributed by atoms with van der Waals surface area (Å²) in [6.45, 7) is 2.99. The van der Waals surface area contributed by atoms with E-state index in [9.17, 15) is 4.79 Å². The summed E-state index contributed by atoms with van der Waals surface area (Å²) >= 11 is 12.0. The fraction of sp³-hybridized carbons (Fsp3) is 0.368. The van der Waals surface area contributed by atoms with E-state index in [4.69, 9.17) is 23.2 Å². The highest BCUT2D eigenvalue weighted by Crippen LogP contribution is 2.25. The van der Waals surface area contributed by atoms with Crippen molar-refractivity contribution >= 4 is 34.9 Å². The van der Waals surface area contributed by atoms with Gasteiger partial charge in [-0.3, -0.25) is 4.98 Å². The summed E-state index contributed by atoms with van der Waals surface area (Å²) in [6, 6.07) is 9.04. The summed E-state index contributed by atoms with van der Waals surface area (Å²) in [7, 11) is 0. The van der Waals surface area contributed by atoms with E-state index in [0.29, 0.717) is 15.7 Å². The molecule has 0 saturated carbocycles. The van der Waals surface area contributed by atoms with Crippen molar-refractivity contribution in [2.75, 3.05) is 25.0 Å². The van der Waals surface area contributed by atoms with Crippen molar-refractivity contribution in [3.05, 3.63) is 58.3 Å². The van der Waals surface area contributed by atoms with Gasteiger partial charge in [-0.15, -0.1) is 0 Å². The SMILES string of the molecule is O=C(Nc1cc(Cl)ccc1Cl)NC1CCN(CCc2ccncc2)CC1. The third kappa shape index (κ3) is 5.59. The van der Waals surface area contributed by atoms with Crippen LogP contribution in [0.25, 0.3) is 0 Å². The second-order valence-electron chi connectivity index (χ2n) is 6.44. The third-order valence-electron chi connectivity index (χ3n) is 4.57. The van der Waals surface area contributed by atoms with Gasteiger partial charge in [0, 0.05) is 43.1 Å². The number of nitrogens with one attached hydrogen (secondary N) is 2. The highest BCUT2D eigenvalue weighted by molar-refractivity contribution is 6.35. The van der Waals surface area contributed by atoms with E-state index in [0.717, 1.165) is 38.9 Å². The fourth-order valence-electron chi connectivity index (χ4n) is 3.07. The summed E-state index contributed by atoms with van der Waals surface area (Å²) in [5, 5.41) is 6.79. The van der Waals surface area contributed by atoms with E-state index in [2.05, 4.69) is 32.7 Å². The van der Waals surface area contributed by atoms with E-state index < -0.39 is 0 Å². The Kier molecular flexibility index (Phi) is 6.72. The zero-order valence-electron chi connectivity index (χ0n) is 14.4. The molecular formula is C19H22Cl2N4O. The molecule has 0 atom stereocenters. The number of halogens is 2. The summed E-state index contributed by atoms with van der Waals surface area (Å²) in [5.74, 6) is 0. The summed E-state index contributed by atoms with van der Waals surface area (Å²) < 4.78 is 0. The minimum Gasteiger partial charge on any atom is -0.335 e. The Morgan fingerprint density at radius 2 is 1.88 bits per heavy atom. The zero-order chi connectivity index (χ0) is 18.4. The molecule has 2 heterocycles.